The summed E-state index contributed by atoms with van der Waals surface area (Å²) in [6.45, 7) is 10.4. The summed E-state index contributed by atoms with van der Waals surface area (Å²) in [6.07, 6.45) is 13.0. The number of aliphatic hydroxyl groups excluding tert-OH is 1. The van der Waals surface area contributed by atoms with E-state index in [-0.39, 0.29) is 36.8 Å². The Balaban J connectivity index is 1.57. The van der Waals surface area contributed by atoms with E-state index in [0.717, 1.165) is 50.6 Å². The summed E-state index contributed by atoms with van der Waals surface area (Å²) in [5, 5.41) is 28.0. The molecule has 0 bridgehead atoms. The number of allylic oxidation sites excluding steroid dienone is 3. The number of nitrogens with zero attached hydrogens (tertiary/aromatic N) is 2. The van der Waals surface area contributed by atoms with E-state index in [0.29, 0.717) is 36.6 Å². The second-order valence-corrected chi connectivity index (χ2v) is 12.8. The average molecular weight is 607 g/mol. The molecule has 1 aromatic carbocycles. The Labute approximate surface area is 262 Å². The molecule has 0 saturated carbocycles. The molecule has 2 saturated heterocycles. The van der Waals surface area contributed by atoms with Crippen molar-refractivity contribution in [3.8, 4) is 0 Å². The maximum atomic E-state index is 14.0. The summed E-state index contributed by atoms with van der Waals surface area (Å²) < 4.78 is 0. The van der Waals surface area contributed by atoms with Crippen LogP contribution in [0.25, 0.3) is 0 Å². The molecule has 1 unspecified atom stereocenters. The van der Waals surface area contributed by atoms with Crippen molar-refractivity contribution >= 4 is 29.1 Å². The van der Waals surface area contributed by atoms with Gasteiger partial charge in [0.2, 0.25) is 11.8 Å². The molecule has 1 aromatic rings. The van der Waals surface area contributed by atoms with Crippen LogP contribution in [0.1, 0.15) is 78.2 Å². The van der Waals surface area contributed by atoms with Gasteiger partial charge in [-0.25, -0.2) is 0 Å². The van der Waals surface area contributed by atoms with Crippen LogP contribution in [0, 0.1) is 11.8 Å². The van der Waals surface area contributed by atoms with Crippen molar-refractivity contribution in [3.05, 3.63) is 59.2 Å². The van der Waals surface area contributed by atoms with Crippen molar-refractivity contribution in [2.24, 2.45) is 11.8 Å². The van der Waals surface area contributed by atoms with Gasteiger partial charge >= 0.3 is 0 Å². The number of likely N-dealkylation sites (tertiary alicyclic amines) is 1. The Kier molecular flexibility index (Phi) is 11.6. The van der Waals surface area contributed by atoms with Crippen LogP contribution in [-0.4, -0.2) is 71.7 Å². The first-order valence-electron chi connectivity index (χ1n) is 16.1. The molecular weight excluding hydrogens is 556 g/mol. The van der Waals surface area contributed by atoms with Crippen molar-refractivity contribution < 1.29 is 24.6 Å². The number of benzene rings is 1. The number of amides is 3. The maximum absolute atomic E-state index is 14.0. The van der Waals surface area contributed by atoms with Crippen molar-refractivity contribution in [2.75, 3.05) is 43.0 Å². The molecule has 0 radical (unpaired) electrons. The second-order valence-electron chi connectivity index (χ2n) is 12.8. The molecule has 4 N–H and O–H groups in total. The Morgan fingerprint density at radius 3 is 2.68 bits per heavy atom. The van der Waals surface area contributed by atoms with Crippen molar-refractivity contribution in [1.82, 2.24) is 10.2 Å². The van der Waals surface area contributed by atoms with E-state index in [4.69, 9.17) is 0 Å². The number of anilines is 2. The third-order valence-corrected chi connectivity index (χ3v) is 9.20. The van der Waals surface area contributed by atoms with E-state index in [1.54, 1.807) is 47.1 Å². The summed E-state index contributed by atoms with van der Waals surface area (Å²) in [6, 6.07) is 5.16. The first kappa shape index (κ1) is 33.6. The van der Waals surface area contributed by atoms with Crippen LogP contribution in [0.5, 0.6) is 0 Å². The Morgan fingerprint density at radius 1 is 1.18 bits per heavy atom. The predicted octanol–water partition coefficient (Wildman–Crippen LogP) is 4.42. The third kappa shape index (κ3) is 7.68. The third-order valence-electron chi connectivity index (χ3n) is 9.20. The van der Waals surface area contributed by atoms with Crippen molar-refractivity contribution in [1.29, 1.82) is 0 Å². The first-order chi connectivity index (χ1) is 21.1. The number of piperidine rings is 1. The van der Waals surface area contributed by atoms with Gasteiger partial charge in [0.25, 0.3) is 5.91 Å². The van der Waals surface area contributed by atoms with Gasteiger partial charge in [0.1, 0.15) is 0 Å². The summed E-state index contributed by atoms with van der Waals surface area (Å²) >= 11 is 0. The molecule has 0 aliphatic carbocycles. The molecule has 3 heterocycles. The highest BCUT2D eigenvalue weighted by molar-refractivity contribution is 6.08. The SMILES string of the molecule is CC(C)=CCC/C(C)=C/CN1C(=O)[C@@](O)([C@@H](C)/C=C/CC(=O)N2CCC[C@H]2CO)c2cc(NC(=O)C3CCCNC3)ccc21. The normalized spacial score (nSPS) is 24.5. The molecule has 0 spiro atoms. The topological polar surface area (TPSA) is 122 Å². The number of fused-ring (bicyclic) bond motifs is 1. The van der Waals surface area contributed by atoms with Crippen LogP contribution in [0.2, 0.25) is 0 Å². The number of carbonyl (C=O) groups excluding carboxylic acids is 3. The minimum Gasteiger partial charge on any atom is -0.394 e. The highest BCUT2D eigenvalue weighted by atomic mass is 16.3. The summed E-state index contributed by atoms with van der Waals surface area (Å²) in [7, 11) is 0. The number of hydrogen-bond acceptors (Lipinski definition) is 6. The van der Waals surface area contributed by atoms with Crippen LogP contribution < -0.4 is 15.5 Å². The van der Waals surface area contributed by atoms with E-state index in [1.165, 1.54) is 5.57 Å². The van der Waals surface area contributed by atoms with Crippen LogP contribution in [0.3, 0.4) is 0 Å². The van der Waals surface area contributed by atoms with Crippen molar-refractivity contribution in [2.45, 2.75) is 84.3 Å². The fourth-order valence-corrected chi connectivity index (χ4v) is 6.45. The lowest BCUT2D eigenvalue weighted by Crippen LogP contribution is -2.44. The number of hydrogen-bond donors (Lipinski definition) is 4. The molecule has 4 rings (SSSR count). The zero-order valence-corrected chi connectivity index (χ0v) is 26.8. The Hall–Kier alpha value is -3.27. The van der Waals surface area contributed by atoms with E-state index >= 15 is 0 Å². The van der Waals surface area contributed by atoms with Gasteiger partial charge in [0.15, 0.2) is 5.60 Å². The average Bonchev–Trinajstić information content (AvgIpc) is 3.57. The minimum absolute atomic E-state index is 0.0499. The van der Waals surface area contributed by atoms with Gasteiger partial charge in [0, 0.05) is 43.2 Å². The molecule has 240 valence electrons. The van der Waals surface area contributed by atoms with Gasteiger partial charge in [-0.05, 0) is 84.0 Å². The summed E-state index contributed by atoms with van der Waals surface area (Å²) in [5.74, 6) is -1.35. The van der Waals surface area contributed by atoms with Gasteiger partial charge in [-0.3, -0.25) is 14.4 Å². The van der Waals surface area contributed by atoms with Gasteiger partial charge in [-0.15, -0.1) is 0 Å². The molecule has 3 aliphatic heterocycles. The minimum atomic E-state index is -1.87. The largest absolute Gasteiger partial charge is 0.394 e. The second kappa shape index (κ2) is 15.1. The zero-order valence-electron chi connectivity index (χ0n) is 26.8. The highest BCUT2D eigenvalue weighted by Gasteiger charge is 2.52. The lowest BCUT2D eigenvalue weighted by atomic mass is 9.82. The molecule has 3 aliphatic rings. The van der Waals surface area contributed by atoms with Crippen LogP contribution in [-0.2, 0) is 20.0 Å². The Morgan fingerprint density at radius 2 is 1.98 bits per heavy atom. The fourth-order valence-electron chi connectivity index (χ4n) is 6.45. The number of rotatable bonds is 12. The first-order valence-corrected chi connectivity index (χ1v) is 16.1. The number of aliphatic hydroxyl groups is 2. The molecule has 3 amide bonds. The highest BCUT2D eigenvalue weighted by Crippen LogP contribution is 2.46. The lowest BCUT2D eigenvalue weighted by Gasteiger charge is -2.28. The summed E-state index contributed by atoms with van der Waals surface area (Å²) in [4.78, 5) is 43.2. The molecule has 2 fully saturated rings. The molecule has 9 nitrogen and oxygen atoms in total. The maximum Gasteiger partial charge on any atom is 0.264 e. The van der Waals surface area contributed by atoms with Crippen LogP contribution >= 0.6 is 0 Å². The predicted molar refractivity (Wildman–Crippen MR) is 174 cm³/mol. The lowest BCUT2D eigenvalue weighted by molar-refractivity contribution is -0.139. The zero-order chi connectivity index (χ0) is 31.9. The van der Waals surface area contributed by atoms with Crippen LogP contribution in [0.4, 0.5) is 11.4 Å². The van der Waals surface area contributed by atoms with E-state index in [1.807, 2.05) is 6.08 Å². The number of nitrogens with one attached hydrogen (secondary N) is 2. The fraction of sp³-hybridized carbons (Fsp3) is 0.571. The number of carbonyl (C=O) groups is 3. The van der Waals surface area contributed by atoms with Gasteiger partial charge in [-0.1, -0.05) is 42.4 Å². The molecule has 44 heavy (non-hydrogen) atoms. The van der Waals surface area contributed by atoms with Gasteiger partial charge < -0.3 is 30.6 Å². The standard InChI is InChI=1S/C35H50N4O5/c1-24(2)9-5-10-25(3)17-20-39-31-16-15-28(37-33(42)27-12-7-18-36-22-27)21-30(31)35(44,34(39)43)26(4)11-6-14-32(41)38-19-8-13-29(38)23-40/h6,9,11,15-17,21,26-27,29,36,40,44H,5,7-8,10,12-14,18-20,22-23H2,1-4H3,(H,37,42)/b11-6+,25-17+/t26-,27?,29-,35+/m0/s1. The van der Waals surface area contributed by atoms with Crippen LogP contribution in [0.15, 0.2) is 53.6 Å². The van der Waals surface area contributed by atoms with E-state index in [2.05, 4.69) is 37.5 Å². The van der Waals surface area contributed by atoms with Gasteiger partial charge in [-0.2, -0.15) is 0 Å². The summed E-state index contributed by atoms with van der Waals surface area (Å²) in [5.41, 5.74) is 2.16. The van der Waals surface area contributed by atoms with Crippen molar-refractivity contribution in [3.63, 3.8) is 0 Å². The Bertz CT molecular complexity index is 1290. The molecule has 4 atom stereocenters. The molecule has 9 heteroatoms. The van der Waals surface area contributed by atoms with Gasteiger partial charge in [0.05, 0.1) is 24.3 Å². The molecule has 0 aromatic heterocycles. The molecular formula is C35H50N4O5. The van der Waals surface area contributed by atoms with E-state index in [9.17, 15) is 24.6 Å². The quantitative estimate of drug-likeness (QED) is 0.262. The monoisotopic (exact) mass is 606 g/mol. The smallest absolute Gasteiger partial charge is 0.264 e. The van der Waals surface area contributed by atoms with E-state index < -0.39 is 17.4 Å².